The van der Waals surface area contributed by atoms with E-state index in [4.69, 9.17) is 11.2 Å². The predicted octanol–water partition coefficient (Wildman–Crippen LogP) is 2.67. The van der Waals surface area contributed by atoms with E-state index >= 15 is 4.39 Å². The molecule has 11 heteroatoms. The molecule has 1 N–H and O–H groups in total. The van der Waals surface area contributed by atoms with Crippen molar-refractivity contribution in [3.05, 3.63) is 76.4 Å². The van der Waals surface area contributed by atoms with Crippen LogP contribution in [0.2, 0.25) is 0 Å². The Bertz CT molecular complexity index is 1560. The molecule has 3 aromatic rings. The molecule has 1 amide bonds. The van der Waals surface area contributed by atoms with E-state index in [1.165, 1.54) is 7.85 Å². The lowest BCUT2D eigenvalue weighted by atomic mass is 9.57. The molecule has 3 unspecified atom stereocenters. The second-order valence-electron chi connectivity index (χ2n) is 12.5. The molecular weight excluding hydrogens is 563 g/mol. The summed E-state index contributed by atoms with van der Waals surface area (Å²) in [6.45, 7) is 2.79. The molecule has 0 bridgehead atoms. The van der Waals surface area contributed by atoms with Gasteiger partial charge < -0.3 is 19.3 Å². The van der Waals surface area contributed by atoms with Gasteiger partial charge in [-0.25, -0.2) is 4.39 Å². The van der Waals surface area contributed by atoms with Crippen molar-refractivity contribution < 1.29 is 19.0 Å². The van der Waals surface area contributed by atoms with Crippen LogP contribution < -0.4 is 4.90 Å². The summed E-state index contributed by atoms with van der Waals surface area (Å²) >= 11 is 0. The fourth-order valence-electron chi connectivity index (χ4n) is 6.94. The molecule has 0 spiro atoms. The monoisotopic (exact) mass is 601 g/mol. The maximum absolute atomic E-state index is 15.7. The molecule has 2 aromatic carbocycles. The molecule has 1 saturated carbocycles. The molecule has 0 radical (unpaired) electrons. The van der Waals surface area contributed by atoms with Crippen molar-refractivity contribution in [1.82, 2.24) is 19.7 Å². The summed E-state index contributed by atoms with van der Waals surface area (Å²) in [7, 11) is 5.76. The Morgan fingerprint density at radius 3 is 2.84 bits per heavy atom. The summed E-state index contributed by atoms with van der Waals surface area (Å²) in [6.07, 6.45) is 10.5. The fraction of sp³-hybridized carbons (Fsp3) is 0.469. The Hall–Kier alpha value is -3.09. The minimum absolute atomic E-state index is 0.0458. The SMILES string of the molecule is BC(F)(P)c1cc(CN2CCCOC(CO)C2)cc2c1CN(c1cccc(C3(Cc4nncn4C)CC(C#C)C3)c1)C2=O. The van der Waals surface area contributed by atoms with Gasteiger partial charge in [0.05, 0.1) is 19.3 Å². The smallest absolute Gasteiger partial charge is 0.258 e. The van der Waals surface area contributed by atoms with Crippen molar-refractivity contribution >= 4 is 28.7 Å². The van der Waals surface area contributed by atoms with Crippen molar-refractivity contribution in [3.8, 4) is 12.3 Å². The lowest BCUT2D eigenvalue weighted by molar-refractivity contribution is 0.0129. The van der Waals surface area contributed by atoms with Crippen molar-refractivity contribution in [2.75, 3.05) is 31.2 Å². The van der Waals surface area contributed by atoms with E-state index in [1.54, 1.807) is 11.2 Å². The van der Waals surface area contributed by atoms with Gasteiger partial charge in [0.15, 0.2) is 7.85 Å². The Kier molecular flexibility index (Phi) is 8.21. The van der Waals surface area contributed by atoms with E-state index < -0.39 is 5.31 Å². The first-order chi connectivity index (χ1) is 20.6. The van der Waals surface area contributed by atoms with Gasteiger partial charge in [0.2, 0.25) is 0 Å². The first-order valence-electron chi connectivity index (χ1n) is 14.9. The van der Waals surface area contributed by atoms with Crippen LogP contribution in [0, 0.1) is 18.3 Å². The molecule has 8 nitrogen and oxygen atoms in total. The zero-order chi connectivity index (χ0) is 30.4. The summed E-state index contributed by atoms with van der Waals surface area (Å²) in [5.41, 5.74) is 4.36. The number of rotatable bonds is 8. The van der Waals surface area contributed by atoms with E-state index in [2.05, 4.69) is 42.4 Å². The van der Waals surface area contributed by atoms with E-state index in [0.29, 0.717) is 43.8 Å². The number of nitrogens with zero attached hydrogens (tertiary/aromatic N) is 5. The number of hydrogen-bond acceptors (Lipinski definition) is 6. The predicted molar refractivity (Wildman–Crippen MR) is 169 cm³/mol. The standard InChI is InChI=1S/C32H38BFN5O3P/c1-3-21-13-31(14-21,15-29-36-35-20-37(29)2)23-6-4-7-24(12-23)39-18-27-26(30(39)41)10-22(11-28(27)32(33,34)43)16-38-8-5-9-42-25(17-38)19-40/h1,4,6-7,10-12,20-21,25,40H,5,8-9,13-19,33,43H2,2H3. The van der Waals surface area contributed by atoms with Crippen molar-refractivity contribution in [2.45, 2.75) is 55.6 Å². The van der Waals surface area contributed by atoms with Crippen LogP contribution in [0.1, 0.15) is 57.7 Å². The van der Waals surface area contributed by atoms with Gasteiger partial charge in [-0.2, -0.15) is 0 Å². The molecule has 1 aromatic heterocycles. The zero-order valence-electron chi connectivity index (χ0n) is 24.8. The highest BCUT2D eigenvalue weighted by Gasteiger charge is 2.46. The van der Waals surface area contributed by atoms with Gasteiger partial charge in [-0.3, -0.25) is 9.69 Å². The summed E-state index contributed by atoms with van der Waals surface area (Å²) < 4.78 is 23.3. The first kappa shape index (κ1) is 30.0. The van der Waals surface area contributed by atoms with Crippen molar-refractivity contribution in [2.24, 2.45) is 13.0 Å². The van der Waals surface area contributed by atoms with Crippen LogP contribution in [0.5, 0.6) is 0 Å². The molecule has 3 aliphatic rings. The molecule has 3 heterocycles. The topological polar surface area (TPSA) is 83.7 Å². The molecule has 3 atom stereocenters. The molecule has 43 heavy (non-hydrogen) atoms. The molecular formula is C32H38BFN5O3P. The average molecular weight is 601 g/mol. The first-order valence-corrected chi connectivity index (χ1v) is 15.5. The number of carbonyl (C=O) groups is 1. The van der Waals surface area contributed by atoms with Gasteiger partial charge in [0.25, 0.3) is 5.91 Å². The largest absolute Gasteiger partial charge is 0.394 e. The van der Waals surface area contributed by atoms with Crippen LogP contribution in [0.3, 0.4) is 0 Å². The number of amides is 1. The minimum Gasteiger partial charge on any atom is -0.394 e. The van der Waals surface area contributed by atoms with Crippen LogP contribution in [0.25, 0.3) is 0 Å². The molecule has 2 fully saturated rings. The maximum atomic E-state index is 15.7. The van der Waals surface area contributed by atoms with Gasteiger partial charge in [-0.05, 0) is 59.7 Å². The number of carbonyl (C=O) groups excluding carboxylic acids is 1. The fourth-order valence-corrected chi connectivity index (χ4v) is 7.20. The van der Waals surface area contributed by atoms with Crippen molar-refractivity contribution in [3.63, 3.8) is 0 Å². The quantitative estimate of drug-likeness (QED) is 0.243. The number of aliphatic hydroxyl groups excluding tert-OH is 1. The normalized spacial score (nSPS) is 25.5. The number of anilines is 1. The number of fused-ring (bicyclic) bond motifs is 1. The highest BCUT2D eigenvalue weighted by Crippen LogP contribution is 2.50. The molecule has 1 aliphatic carbocycles. The number of ether oxygens (including phenoxy) is 1. The van der Waals surface area contributed by atoms with Crippen LogP contribution in [-0.4, -0.2) is 70.9 Å². The number of aryl methyl sites for hydroxylation is 1. The zero-order valence-corrected chi connectivity index (χ0v) is 26.0. The van der Waals surface area contributed by atoms with Crippen LogP contribution in [0.15, 0.2) is 42.7 Å². The Balaban J connectivity index is 1.31. The van der Waals surface area contributed by atoms with E-state index in [0.717, 1.165) is 54.0 Å². The number of aliphatic hydroxyl groups is 1. The number of halogens is 1. The third kappa shape index (κ3) is 5.89. The highest BCUT2D eigenvalue weighted by molar-refractivity contribution is 7.21. The molecule has 224 valence electrons. The van der Waals surface area contributed by atoms with Crippen LogP contribution >= 0.6 is 9.24 Å². The summed E-state index contributed by atoms with van der Waals surface area (Å²) in [5, 5.41) is 16.4. The third-order valence-corrected chi connectivity index (χ3v) is 9.56. The third-order valence-electron chi connectivity index (χ3n) is 9.25. The van der Waals surface area contributed by atoms with Crippen LogP contribution in [-0.2, 0) is 42.0 Å². The van der Waals surface area contributed by atoms with Gasteiger partial charge in [0, 0.05) is 62.3 Å². The number of terminal acetylenes is 1. The summed E-state index contributed by atoms with van der Waals surface area (Å²) in [4.78, 5) is 18.0. The van der Waals surface area contributed by atoms with E-state index in [9.17, 15) is 9.90 Å². The number of aromatic nitrogens is 3. The van der Waals surface area contributed by atoms with E-state index in [-0.39, 0.29) is 30.0 Å². The van der Waals surface area contributed by atoms with Gasteiger partial charge >= 0.3 is 0 Å². The summed E-state index contributed by atoms with van der Waals surface area (Å²) in [5.74, 6) is 3.87. The minimum atomic E-state index is -1.70. The Labute approximate surface area is 255 Å². The molecule has 2 aliphatic heterocycles. The van der Waals surface area contributed by atoms with E-state index in [1.807, 2.05) is 35.9 Å². The summed E-state index contributed by atoms with van der Waals surface area (Å²) in [6, 6.07) is 11.9. The Morgan fingerprint density at radius 1 is 1.33 bits per heavy atom. The second-order valence-corrected chi connectivity index (χ2v) is 13.6. The van der Waals surface area contributed by atoms with Gasteiger partial charge in [0.1, 0.15) is 17.5 Å². The van der Waals surface area contributed by atoms with Crippen LogP contribution in [0.4, 0.5) is 10.1 Å². The van der Waals surface area contributed by atoms with Gasteiger partial charge in [-0.1, -0.05) is 18.2 Å². The lowest BCUT2D eigenvalue weighted by Crippen LogP contribution is -2.43. The number of hydrogen-bond donors (Lipinski definition) is 1. The van der Waals surface area contributed by atoms with Crippen molar-refractivity contribution in [1.29, 1.82) is 0 Å². The number of benzene rings is 2. The molecule has 1 saturated heterocycles. The number of alkyl halides is 1. The maximum Gasteiger partial charge on any atom is 0.258 e. The second kappa shape index (κ2) is 11.8. The van der Waals surface area contributed by atoms with Gasteiger partial charge in [-0.15, -0.1) is 31.8 Å². The molecule has 6 rings (SSSR count). The lowest BCUT2D eigenvalue weighted by Gasteiger charge is -2.46. The Morgan fingerprint density at radius 2 is 2.14 bits per heavy atom. The highest BCUT2D eigenvalue weighted by atomic mass is 31.0. The average Bonchev–Trinajstić information content (AvgIpc) is 3.43.